The van der Waals surface area contributed by atoms with E-state index in [1.54, 1.807) is 17.9 Å². The minimum absolute atomic E-state index is 0.199. The minimum atomic E-state index is -0.199. The van der Waals surface area contributed by atoms with Crippen LogP contribution in [0, 0.1) is 0 Å². The second-order valence-electron chi connectivity index (χ2n) is 2.60. The van der Waals surface area contributed by atoms with Crippen molar-refractivity contribution in [3.8, 4) is 0 Å². The zero-order valence-corrected chi connectivity index (χ0v) is 8.01. The van der Waals surface area contributed by atoms with E-state index in [4.69, 9.17) is 11.6 Å². The average molecular weight is 200 g/mol. The van der Waals surface area contributed by atoms with Gasteiger partial charge in [-0.1, -0.05) is 18.2 Å². The van der Waals surface area contributed by atoms with Crippen LogP contribution in [-0.2, 0) is 7.05 Å². The molecule has 0 aliphatic carbocycles. The first-order chi connectivity index (χ1) is 6.09. The summed E-state index contributed by atoms with van der Waals surface area (Å²) in [6.45, 7) is 3.73. The number of nitrogens with zero attached hydrogens (tertiary/aromatic N) is 2. The van der Waals surface area contributed by atoms with Gasteiger partial charge in [-0.05, 0) is 0 Å². The Morgan fingerprint density at radius 2 is 2.54 bits per heavy atom. The van der Waals surface area contributed by atoms with Gasteiger partial charge in [-0.15, -0.1) is 0 Å². The van der Waals surface area contributed by atoms with Crippen molar-refractivity contribution in [2.45, 2.75) is 0 Å². The van der Waals surface area contributed by atoms with E-state index in [1.807, 2.05) is 0 Å². The van der Waals surface area contributed by atoms with Crippen molar-refractivity contribution >= 4 is 17.5 Å². The third-order valence-electron chi connectivity index (χ3n) is 1.41. The molecule has 0 bridgehead atoms. The zero-order chi connectivity index (χ0) is 9.84. The minimum Gasteiger partial charge on any atom is -0.347 e. The van der Waals surface area contributed by atoms with Crippen LogP contribution in [0.5, 0.6) is 0 Å². The van der Waals surface area contributed by atoms with Gasteiger partial charge in [0.25, 0.3) is 5.91 Å². The quantitative estimate of drug-likeness (QED) is 0.787. The molecule has 1 heterocycles. The molecule has 1 amide bonds. The molecule has 1 rings (SSSR count). The van der Waals surface area contributed by atoms with Gasteiger partial charge in [0, 0.05) is 18.3 Å². The molecule has 0 atom stereocenters. The van der Waals surface area contributed by atoms with Crippen LogP contribution in [0.25, 0.3) is 0 Å². The Hall–Kier alpha value is -1.29. The van der Waals surface area contributed by atoms with E-state index in [0.29, 0.717) is 10.6 Å². The Labute approximate surface area is 81.2 Å². The van der Waals surface area contributed by atoms with Gasteiger partial charge in [0.05, 0.1) is 18.3 Å². The average Bonchev–Trinajstić information content (AvgIpc) is 2.47. The van der Waals surface area contributed by atoms with E-state index in [9.17, 15) is 4.79 Å². The van der Waals surface area contributed by atoms with Crippen LogP contribution in [0.4, 0.5) is 0 Å². The number of halogens is 1. The van der Waals surface area contributed by atoms with Crippen LogP contribution in [0.2, 0.25) is 0 Å². The SMILES string of the molecule is C=C(Cl)CNC(=O)c1cnn(C)c1. The molecule has 0 fully saturated rings. The van der Waals surface area contributed by atoms with Crippen LogP contribution in [0.3, 0.4) is 0 Å². The molecule has 0 saturated heterocycles. The maximum absolute atomic E-state index is 11.3. The summed E-state index contributed by atoms with van der Waals surface area (Å²) in [5.41, 5.74) is 0.514. The fourth-order valence-corrected chi connectivity index (χ4v) is 0.884. The summed E-state index contributed by atoms with van der Waals surface area (Å²) in [5, 5.41) is 6.85. The predicted octanol–water partition coefficient (Wildman–Crippen LogP) is 0.902. The Balaban J connectivity index is 2.54. The molecule has 0 aliphatic rings. The van der Waals surface area contributed by atoms with Gasteiger partial charge in [-0.25, -0.2) is 0 Å². The predicted molar refractivity (Wildman–Crippen MR) is 50.5 cm³/mol. The van der Waals surface area contributed by atoms with Crippen molar-refractivity contribution < 1.29 is 4.79 Å². The first-order valence-corrected chi connectivity index (χ1v) is 4.07. The Bertz CT molecular complexity index is 332. The number of rotatable bonds is 3. The second kappa shape index (κ2) is 4.09. The molecule has 1 N–H and O–H groups in total. The maximum Gasteiger partial charge on any atom is 0.254 e. The van der Waals surface area contributed by atoms with Gasteiger partial charge in [0.15, 0.2) is 0 Å². The second-order valence-corrected chi connectivity index (χ2v) is 3.14. The summed E-state index contributed by atoms with van der Waals surface area (Å²) in [5.74, 6) is -0.199. The normalized spacial score (nSPS) is 9.69. The lowest BCUT2D eigenvalue weighted by molar-refractivity contribution is 0.0957. The molecule has 1 aromatic heterocycles. The number of nitrogens with one attached hydrogen (secondary N) is 1. The fraction of sp³-hybridized carbons (Fsp3) is 0.250. The number of amides is 1. The lowest BCUT2D eigenvalue weighted by Crippen LogP contribution is -2.23. The zero-order valence-electron chi connectivity index (χ0n) is 7.25. The number of hydrogen-bond donors (Lipinski definition) is 1. The van der Waals surface area contributed by atoms with Gasteiger partial charge in [-0.3, -0.25) is 9.48 Å². The summed E-state index contributed by atoms with van der Waals surface area (Å²) in [6, 6.07) is 0. The number of hydrogen-bond acceptors (Lipinski definition) is 2. The summed E-state index contributed by atoms with van der Waals surface area (Å²) < 4.78 is 1.56. The number of carbonyl (C=O) groups is 1. The topological polar surface area (TPSA) is 46.9 Å². The van der Waals surface area contributed by atoms with Crippen molar-refractivity contribution in [3.63, 3.8) is 0 Å². The number of aromatic nitrogens is 2. The standard InChI is InChI=1S/C8H10ClN3O/c1-6(9)3-10-8(13)7-4-11-12(2)5-7/h4-5H,1,3H2,2H3,(H,10,13). The van der Waals surface area contributed by atoms with E-state index >= 15 is 0 Å². The molecule has 5 heteroatoms. The molecular formula is C8H10ClN3O. The highest BCUT2D eigenvalue weighted by Gasteiger charge is 2.06. The van der Waals surface area contributed by atoms with Crippen LogP contribution >= 0.6 is 11.6 Å². The van der Waals surface area contributed by atoms with Crippen molar-refractivity contribution in [1.29, 1.82) is 0 Å². The summed E-state index contributed by atoms with van der Waals surface area (Å²) >= 11 is 5.48. The fourth-order valence-electron chi connectivity index (χ4n) is 0.817. The van der Waals surface area contributed by atoms with E-state index in [0.717, 1.165) is 0 Å². The molecule has 0 saturated carbocycles. The lowest BCUT2D eigenvalue weighted by atomic mass is 10.3. The summed E-state index contributed by atoms with van der Waals surface area (Å²) in [6.07, 6.45) is 3.12. The Kier molecular flexibility index (Phi) is 3.08. The molecule has 0 aromatic carbocycles. The van der Waals surface area contributed by atoms with Crippen LogP contribution < -0.4 is 5.32 Å². The monoisotopic (exact) mass is 199 g/mol. The van der Waals surface area contributed by atoms with Crippen molar-refractivity contribution in [3.05, 3.63) is 29.6 Å². The van der Waals surface area contributed by atoms with E-state index < -0.39 is 0 Å². The maximum atomic E-state index is 11.3. The highest BCUT2D eigenvalue weighted by atomic mass is 35.5. The van der Waals surface area contributed by atoms with E-state index in [1.165, 1.54) is 6.20 Å². The number of aryl methyl sites for hydroxylation is 1. The van der Waals surface area contributed by atoms with Crippen molar-refractivity contribution in [2.24, 2.45) is 7.05 Å². The highest BCUT2D eigenvalue weighted by molar-refractivity contribution is 6.29. The Morgan fingerprint density at radius 3 is 3.00 bits per heavy atom. The van der Waals surface area contributed by atoms with Crippen LogP contribution in [0.15, 0.2) is 24.0 Å². The highest BCUT2D eigenvalue weighted by Crippen LogP contribution is 1.97. The first-order valence-electron chi connectivity index (χ1n) is 3.69. The molecule has 1 aromatic rings. The Morgan fingerprint density at radius 1 is 1.85 bits per heavy atom. The van der Waals surface area contributed by atoms with Crippen molar-refractivity contribution in [1.82, 2.24) is 15.1 Å². The first kappa shape index (κ1) is 9.80. The van der Waals surface area contributed by atoms with E-state index in [-0.39, 0.29) is 12.5 Å². The number of carbonyl (C=O) groups excluding carboxylic acids is 1. The largest absolute Gasteiger partial charge is 0.347 e. The molecule has 4 nitrogen and oxygen atoms in total. The molecule has 0 spiro atoms. The summed E-state index contributed by atoms with van der Waals surface area (Å²) in [7, 11) is 1.75. The smallest absolute Gasteiger partial charge is 0.254 e. The molecule has 0 unspecified atom stereocenters. The molecule has 13 heavy (non-hydrogen) atoms. The molecule has 0 aliphatic heterocycles. The third kappa shape index (κ3) is 2.91. The van der Waals surface area contributed by atoms with Crippen LogP contribution in [0.1, 0.15) is 10.4 Å². The van der Waals surface area contributed by atoms with Gasteiger partial charge < -0.3 is 5.32 Å². The van der Waals surface area contributed by atoms with Crippen LogP contribution in [-0.4, -0.2) is 22.2 Å². The van der Waals surface area contributed by atoms with Gasteiger partial charge in [-0.2, -0.15) is 5.10 Å². The molecule has 0 radical (unpaired) electrons. The lowest BCUT2D eigenvalue weighted by Gasteiger charge is -1.99. The molecule has 70 valence electrons. The van der Waals surface area contributed by atoms with Crippen molar-refractivity contribution in [2.75, 3.05) is 6.54 Å². The van der Waals surface area contributed by atoms with Gasteiger partial charge in [0.1, 0.15) is 0 Å². The third-order valence-corrected chi connectivity index (χ3v) is 1.54. The van der Waals surface area contributed by atoms with Gasteiger partial charge in [0.2, 0.25) is 0 Å². The van der Waals surface area contributed by atoms with Gasteiger partial charge >= 0.3 is 0 Å². The van der Waals surface area contributed by atoms with E-state index in [2.05, 4.69) is 17.0 Å². The summed E-state index contributed by atoms with van der Waals surface area (Å²) in [4.78, 5) is 11.3. The molecular weight excluding hydrogens is 190 g/mol.